The molecule has 1 aromatic heterocycles. The van der Waals surface area contributed by atoms with Crippen LogP contribution in [0, 0.1) is 12.7 Å². The molecule has 0 amide bonds. The molecule has 0 unspecified atom stereocenters. The van der Waals surface area contributed by atoms with Crippen molar-refractivity contribution < 1.29 is 4.39 Å². The summed E-state index contributed by atoms with van der Waals surface area (Å²) in [5, 5.41) is 6.58. The van der Waals surface area contributed by atoms with Gasteiger partial charge in [0.2, 0.25) is 5.95 Å². The summed E-state index contributed by atoms with van der Waals surface area (Å²) < 4.78 is 12.9. The Bertz CT molecular complexity index is 598. The van der Waals surface area contributed by atoms with Crippen molar-refractivity contribution in [3.8, 4) is 0 Å². The average Bonchev–Trinajstić information content (AvgIpc) is 2.53. The third-order valence-corrected chi connectivity index (χ3v) is 3.55. The van der Waals surface area contributed by atoms with Gasteiger partial charge in [0, 0.05) is 24.8 Å². The number of hydrogen-bond acceptors (Lipinski definition) is 4. The maximum atomic E-state index is 12.9. The largest absolute Gasteiger partial charge is 0.370 e. The molecule has 0 atom stereocenters. The van der Waals surface area contributed by atoms with Gasteiger partial charge in [-0.3, -0.25) is 0 Å². The molecule has 2 N–H and O–H groups in total. The monoisotopic (exact) mass is 316 g/mol. The molecule has 5 heteroatoms. The maximum absolute atomic E-state index is 12.9. The summed E-state index contributed by atoms with van der Waals surface area (Å²) in [5.41, 5.74) is 2.02. The number of nitrogens with one attached hydrogen (secondary N) is 2. The lowest BCUT2D eigenvalue weighted by molar-refractivity contribution is 0.627. The van der Waals surface area contributed by atoms with E-state index in [0.29, 0.717) is 12.5 Å². The number of rotatable bonds is 9. The second-order valence-corrected chi connectivity index (χ2v) is 5.66. The average molecular weight is 316 g/mol. The minimum atomic E-state index is -0.206. The van der Waals surface area contributed by atoms with E-state index >= 15 is 0 Å². The van der Waals surface area contributed by atoms with E-state index in [1.165, 1.54) is 25.0 Å². The Labute approximate surface area is 137 Å². The molecule has 1 aromatic carbocycles. The first kappa shape index (κ1) is 17.2. The Kier molecular flexibility index (Phi) is 6.78. The molecule has 2 rings (SSSR count). The predicted molar refractivity (Wildman–Crippen MR) is 93.4 cm³/mol. The van der Waals surface area contributed by atoms with E-state index in [2.05, 4.69) is 27.5 Å². The molecular formula is C18H25FN4. The van der Waals surface area contributed by atoms with E-state index in [-0.39, 0.29) is 5.82 Å². The zero-order chi connectivity index (χ0) is 16.5. The van der Waals surface area contributed by atoms with Crippen molar-refractivity contribution in [1.82, 2.24) is 9.97 Å². The van der Waals surface area contributed by atoms with Gasteiger partial charge in [-0.15, -0.1) is 0 Å². The Balaban J connectivity index is 1.84. The number of benzene rings is 1. The molecule has 124 valence electrons. The van der Waals surface area contributed by atoms with Gasteiger partial charge in [-0.05, 0) is 37.5 Å². The molecule has 0 aliphatic rings. The van der Waals surface area contributed by atoms with E-state index in [1.807, 2.05) is 13.0 Å². The van der Waals surface area contributed by atoms with Crippen molar-refractivity contribution in [2.24, 2.45) is 0 Å². The van der Waals surface area contributed by atoms with Crippen LogP contribution < -0.4 is 10.6 Å². The summed E-state index contributed by atoms with van der Waals surface area (Å²) >= 11 is 0. The van der Waals surface area contributed by atoms with Crippen molar-refractivity contribution in [2.45, 2.75) is 39.5 Å². The van der Waals surface area contributed by atoms with Gasteiger partial charge in [-0.25, -0.2) is 9.37 Å². The molecular weight excluding hydrogens is 291 g/mol. The highest BCUT2D eigenvalue weighted by Crippen LogP contribution is 2.10. The van der Waals surface area contributed by atoms with Crippen LogP contribution in [0.1, 0.15) is 37.4 Å². The zero-order valence-electron chi connectivity index (χ0n) is 13.9. The van der Waals surface area contributed by atoms with Crippen LogP contribution in [0.4, 0.5) is 16.2 Å². The SMILES string of the molecule is CCCCCNc1cc(C)nc(NCCc2ccc(F)cc2)n1. The Morgan fingerprint density at radius 2 is 1.78 bits per heavy atom. The van der Waals surface area contributed by atoms with Crippen molar-refractivity contribution in [3.63, 3.8) is 0 Å². The lowest BCUT2D eigenvalue weighted by atomic mass is 10.1. The number of nitrogens with zero attached hydrogens (tertiary/aromatic N) is 2. The van der Waals surface area contributed by atoms with Gasteiger partial charge >= 0.3 is 0 Å². The smallest absolute Gasteiger partial charge is 0.224 e. The second kappa shape index (κ2) is 9.08. The van der Waals surface area contributed by atoms with Crippen molar-refractivity contribution in [2.75, 3.05) is 23.7 Å². The fourth-order valence-corrected chi connectivity index (χ4v) is 2.30. The summed E-state index contributed by atoms with van der Waals surface area (Å²) in [5.74, 6) is 1.28. The number of halogens is 1. The van der Waals surface area contributed by atoms with Crippen LogP contribution in [-0.2, 0) is 6.42 Å². The summed E-state index contributed by atoms with van der Waals surface area (Å²) in [7, 11) is 0. The second-order valence-electron chi connectivity index (χ2n) is 5.66. The molecule has 1 heterocycles. The van der Waals surface area contributed by atoms with Gasteiger partial charge in [-0.1, -0.05) is 31.9 Å². The Hall–Kier alpha value is -2.17. The summed E-state index contributed by atoms with van der Waals surface area (Å²) in [4.78, 5) is 8.88. The van der Waals surface area contributed by atoms with E-state index in [0.717, 1.165) is 36.5 Å². The summed E-state index contributed by atoms with van der Waals surface area (Å²) in [6.07, 6.45) is 4.38. The highest BCUT2D eigenvalue weighted by Gasteiger charge is 2.02. The molecule has 0 fully saturated rings. The summed E-state index contributed by atoms with van der Waals surface area (Å²) in [6, 6.07) is 8.52. The maximum Gasteiger partial charge on any atom is 0.224 e. The van der Waals surface area contributed by atoms with Gasteiger partial charge in [0.1, 0.15) is 11.6 Å². The molecule has 0 aliphatic heterocycles. The normalized spacial score (nSPS) is 10.6. The highest BCUT2D eigenvalue weighted by atomic mass is 19.1. The van der Waals surface area contributed by atoms with Crippen LogP contribution in [0.2, 0.25) is 0 Å². The molecule has 0 spiro atoms. The molecule has 23 heavy (non-hydrogen) atoms. The number of aromatic nitrogens is 2. The fourth-order valence-electron chi connectivity index (χ4n) is 2.30. The first-order valence-electron chi connectivity index (χ1n) is 8.25. The van der Waals surface area contributed by atoms with Crippen LogP contribution in [0.25, 0.3) is 0 Å². The molecule has 2 aromatic rings. The zero-order valence-corrected chi connectivity index (χ0v) is 13.9. The minimum absolute atomic E-state index is 0.206. The predicted octanol–water partition coefficient (Wildman–Crippen LogP) is 4.18. The van der Waals surface area contributed by atoms with Crippen LogP contribution in [0.15, 0.2) is 30.3 Å². The molecule has 0 radical (unpaired) electrons. The van der Waals surface area contributed by atoms with Gasteiger partial charge in [0.05, 0.1) is 0 Å². The van der Waals surface area contributed by atoms with Crippen molar-refractivity contribution >= 4 is 11.8 Å². The number of unbranched alkanes of at least 4 members (excludes halogenated alkanes) is 2. The highest BCUT2D eigenvalue weighted by molar-refractivity contribution is 5.42. The fraction of sp³-hybridized carbons (Fsp3) is 0.444. The lowest BCUT2D eigenvalue weighted by Gasteiger charge is -2.10. The van der Waals surface area contributed by atoms with Gasteiger partial charge < -0.3 is 10.6 Å². The van der Waals surface area contributed by atoms with E-state index in [9.17, 15) is 4.39 Å². The van der Waals surface area contributed by atoms with Crippen LogP contribution >= 0.6 is 0 Å². The first-order valence-corrected chi connectivity index (χ1v) is 8.25. The topological polar surface area (TPSA) is 49.8 Å². The summed E-state index contributed by atoms with van der Waals surface area (Å²) in [6.45, 7) is 5.80. The number of anilines is 2. The third kappa shape index (κ3) is 6.22. The van der Waals surface area contributed by atoms with Crippen LogP contribution in [0.3, 0.4) is 0 Å². The third-order valence-electron chi connectivity index (χ3n) is 3.55. The standard InChI is InChI=1S/C18H25FN4/c1-3-4-5-11-20-17-13-14(2)22-18(23-17)21-12-10-15-6-8-16(19)9-7-15/h6-9,13H,3-5,10-12H2,1-2H3,(H2,20,21,22,23). The molecule has 0 saturated heterocycles. The quantitative estimate of drug-likeness (QED) is 0.681. The van der Waals surface area contributed by atoms with E-state index in [4.69, 9.17) is 0 Å². The van der Waals surface area contributed by atoms with Gasteiger partial charge in [0.15, 0.2) is 0 Å². The van der Waals surface area contributed by atoms with Gasteiger partial charge in [0.25, 0.3) is 0 Å². The molecule has 4 nitrogen and oxygen atoms in total. The van der Waals surface area contributed by atoms with Crippen LogP contribution in [-0.4, -0.2) is 23.1 Å². The Morgan fingerprint density at radius 1 is 1.00 bits per heavy atom. The number of aryl methyl sites for hydroxylation is 1. The van der Waals surface area contributed by atoms with Gasteiger partial charge in [-0.2, -0.15) is 4.98 Å². The first-order chi connectivity index (χ1) is 11.2. The molecule has 0 aliphatic carbocycles. The lowest BCUT2D eigenvalue weighted by Crippen LogP contribution is -2.11. The van der Waals surface area contributed by atoms with E-state index < -0.39 is 0 Å². The van der Waals surface area contributed by atoms with Crippen molar-refractivity contribution in [1.29, 1.82) is 0 Å². The minimum Gasteiger partial charge on any atom is -0.370 e. The van der Waals surface area contributed by atoms with Crippen molar-refractivity contribution in [3.05, 3.63) is 47.4 Å². The Morgan fingerprint density at radius 3 is 2.52 bits per heavy atom. The molecule has 0 saturated carbocycles. The van der Waals surface area contributed by atoms with E-state index in [1.54, 1.807) is 12.1 Å². The molecule has 0 bridgehead atoms. The van der Waals surface area contributed by atoms with Crippen LogP contribution in [0.5, 0.6) is 0 Å². The number of hydrogen-bond donors (Lipinski definition) is 2.